The van der Waals surface area contributed by atoms with Crippen molar-refractivity contribution in [2.45, 2.75) is 12.5 Å². The van der Waals surface area contributed by atoms with Crippen molar-refractivity contribution in [2.24, 2.45) is 0 Å². The Bertz CT molecular complexity index is 606. The summed E-state index contributed by atoms with van der Waals surface area (Å²) in [5.74, 6) is -1.26. The standard InChI is InChI=1S/C12H9FN2O2/c13-7-1-2-8-9(3-7)10(4-12(16)17)15-6-14-5-11(8)15/h1-3,5-6,10H,4H2,(H,16,17). The molecule has 0 amide bonds. The Morgan fingerprint density at radius 3 is 3.12 bits per heavy atom. The highest BCUT2D eigenvalue weighted by atomic mass is 19.1. The Kier molecular flexibility index (Phi) is 2.01. The number of imidazole rings is 1. The zero-order chi connectivity index (χ0) is 12.0. The van der Waals surface area contributed by atoms with Gasteiger partial charge < -0.3 is 9.67 Å². The van der Waals surface area contributed by atoms with Crippen LogP contribution in [-0.2, 0) is 4.79 Å². The molecule has 17 heavy (non-hydrogen) atoms. The molecule has 1 aliphatic rings. The Hall–Kier alpha value is -2.17. The lowest BCUT2D eigenvalue weighted by Crippen LogP contribution is -2.10. The Morgan fingerprint density at radius 2 is 2.35 bits per heavy atom. The number of aliphatic carboxylic acids is 1. The monoisotopic (exact) mass is 232 g/mol. The first-order valence-electron chi connectivity index (χ1n) is 5.20. The summed E-state index contributed by atoms with van der Waals surface area (Å²) in [6.07, 6.45) is 3.18. The van der Waals surface area contributed by atoms with Gasteiger partial charge in [-0.05, 0) is 23.8 Å². The summed E-state index contributed by atoms with van der Waals surface area (Å²) in [4.78, 5) is 14.9. The number of hydrogen-bond acceptors (Lipinski definition) is 2. The molecular weight excluding hydrogens is 223 g/mol. The third-order valence-electron chi connectivity index (χ3n) is 3.02. The molecule has 4 nitrogen and oxygen atoms in total. The fraction of sp³-hybridized carbons (Fsp3) is 0.167. The molecule has 5 heteroatoms. The molecule has 1 aromatic heterocycles. The molecule has 86 valence electrons. The summed E-state index contributed by atoms with van der Waals surface area (Å²) in [6, 6.07) is 4.07. The molecule has 0 aliphatic carbocycles. The van der Waals surface area contributed by atoms with Crippen molar-refractivity contribution in [3.63, 3.8) is 0 Å². The van der Waals surface area contributed by atoms with E-state index < -0.39 is 5.97 Å². The van der Waals surface area contributed by atoms with Crippen molar-refractivity contribution >= 4 is 5.97 Å². The van der Waals surface area contributed by atoms with Crippen LogP contribution in [0.15, 0.2) is 30.7 Å². The largest absolute Gasteiger partial charge is 0.481 e. The highest BCUT2D eigenvalue weighted by Crippen LogP contribution is 2.40. The van der Waals surface area contributed by atoms with E-state index in [0.29, 0.717) is 5.56 Å². The van der Waals surface area contributed by atoms with Crippen molar-refractivity contribution in [2.75, 3.05) is 0 Å². The van der Waals surface area contributed by atoms with Crippen LogP contribution in [0.2, 0.25) is 0 Å². The van der Waals surface area contributed by atoms with Crippen molar-refractivity contribution in [3.8, 4) is 11.3 Å². The average molecular weight is 232 g/mol. The lowest BCUT2D eigenvalue weighted by molar-refractivity contribution is -0.137. The molecule has 2 heterocycles. The number of halogens is 1. The minimum atomic E-state index is -0.910. The molecule has 1 unspecified atom stereocenters. The Balaban J connectivity index is 2.18. The maximum absolute atomic E-state index is 13.2. The van der Waals surface area contributed by atoms with E-state index in [1.165, 1.54) is 12.1 Å². The number of nitrogens with zero attached hydrogens (tertiary/aromatic N) is 2. The van der Waals surface area contributed by atoms with Gasteiger partial charge in [0.05, 0.1) is 30.7 Å². The molecule has 0 bridgehead atoms. The van der Waals surface area contributed by atoms with Crippen LogP contribution in [0.1, 0.15) is 18.0 Å². The van der Waals surface area contributed by atoms with Gasteiger partial charge in [-0.1, -0.05) is 0 Å². The van der Waals surface area contributed by atoms with Gasteiger partial charge in [0, 0.05) is 5.56 Å². The molecule has 1 aromatic carbocycles. The summed E-state index contributed by atoms with van der Waals surface area (Å²) >= 11 is 0. The molecule has 0 fully saturated rings. The molecular formula is C12H9FN2O2. The maximum atomic E-state index is 13.2. The number of carbonyl (C=O) groups is 1. The second-order valence-electron chi connectivity index (χ2n) is 4.03. The highest BCUT2D eigenvalue weighted by molar-refractivity contribution is 5.74. The second kappa shape index (κ2) is 3.41. The van der Waals surface area contributed by atoms with Crippen molar-refractivity contribution in [1.29, 1.82) is 0 Å². The van der Waals surface area contributed by atoms with Crippen molar-refractivity contribution < 1.29 is 14.3 Å². The molecule has 0 saturated carbocycles. The number of carboxylic acids is 1. The Morgan fingerprint density at radius 1 is 1.53 bits per heavy atom. The van der Waals surface area contributed by atoms with Gasteiger partial charge in [-0.2, -0.15) is 0 Å². The van der Waals surface area contributed by atoms with Crippen LogP contribution >= 0.6 is 0 Å². The number of rotatable bonds is 2. The topological polar surface area (TPSA) is 55.1 Å². The van der Waals surface area contributed by atoms with Crippen LogP contribution in [0, 0.1) is 5.82 Å². The first kappa shape index (κ1) is 10.0. The third-order valence-corrected chi connectivity index (χ3v) is 3.02. The predicted molar refractivity (Wildman–Crippen MR) is 58.0 cm³/mol. The van der Waals surface area contributed by atoms with Crippen LogP contribution < -0.4 is 0 Å². The quantitative estimate of drug-likeness (QED) is 0.862. The van der Waals surface area contributed by atoms with Crippen molar-refractivity contribution in [3.05, 3.63) is 42.1 Å². The van der Waals surface area contributed by atoms with Crippen LogP contribution in [0.25, 0.3) is 11.3 Å². The van der Waals surface area contributed by atoms with Gasteiger partial charge in [0.15, 0.2) is 0 Å². The molecule has 0 saturated heterocycles. The van der Waals surface area contributed by atoms with E-state index in [-0.39, 0.29) is 18.3 Å². The molecule has 3 rings (SSSR count). The number of benzene rings is 1. The SMILES string of the molecule is O=C(O)CC1c2cc(F)ccc2-c2cncn21. The summed E-state index contributed by atoms with van der Waals surface area (Å²) in [6.45, 7) is 0. The fourth-order valence-electron chi connectivity index (χ4n) is 2.33. The molecule has 2 aromatic rings. The van der Waals surface area contributed by atoms with E-state index in [0.717, 1.165) is 11.3 Å². The maximum Gasteiger partial charge on any atom is 0.305 e. The molecule has 0 spiro atoms. The minimum Gasteiger partial charge on any atom is -0.481 e. The number of carboxylic acid groups (broad SMARTS) is 1. The highest BCUT2D eigenvalue weighted by Gasteiger charge is 2.30. The van der Waals surface area contributed by atoms with Crippen molar-refractivity contribution in [1.82, 2.24) is 9.55 Å². The number of fused-ring (bicyclic) bond motifs is 3. The van der Waals surface area contributed by atoms with Gasteiger partial charge in [0.2, 0.25) is 0 Å². The average Bonchev–Trinajstić information content (AvgIpc) is 2.82. The van der Waals surface area contributed by atoms with E-state index in [2.05, 4.69) is 4.98 Å². The first-order valence-corrected chi connectivity index (χ1v) is 5.20. The van der Waals surface area contributed by atoms with Crippen LogP contribution in [0.3, 0.4) is 0 Å². The van der Waals surface area contributed by atoms with Gasteiger partial charge in [-0.25, -0.2) is 9.37 Å². The normalized spacial score (nSPS) is 16.6. The first-order chi connectivity index (χ1) is 8.16. The third kappa shape index (κ3) is 1.43. The van der Waals surface area contributed by atoms with Crippen LogP contribution in [0.5, 0.6) is 0 Å². The van der Waals surface area contributed by atoms with E-state index in [1.54, 1.807) is 23.2 Å². The molecule has 1 atom stereocenters. The lowest BCUT2D eigenvalue weighted by Gasteiger charge is -2.11. The summed E-state index contributed by atoms with van der Waals surface area (Å²) in [5.41, 5.74) is 2.41. The second-order valence-corrected chi connectivity index (χ2v) is 4.03. The number of aromatic nitrogens is 2. The predicted octanol–water partition coefficient (Wildman–Crippen LogP) is 2.07. The van der Waals surface area contributed by atoms with Gasteiger partial charge >= 0.3 is 5.97 Å². The van der Waals surface area contributed by atoms with E-state index in [9.17, 15) is 9.18 Å². The zero-order valence-corrected chi connectivity index (χ0v) is 8.80. The zero-order valence-electron chi connectivity index (χ0n) is 8.80. The summed E-state index contributed by atoms with van der Waals surface area (Å²) in [5, 5.41) is 8.90. The minimum absolute atomic E-state index is 0.0696. The van der Waals surface area contributed by atoms with Gasteiger partial charge in [0.25, 0.3) is 0 Å². The van der Waals surface area contributed by atoms with Gasteiger partial charge in [-0.3, -0.25) is 4.79 Å². The van der Waals surface area contributed by atoms with Gasteiger partial charge in [0.1, 0.15) is 5.82 Å². The Labute approximate surface area is 96.3 Å². The summed E-state index contributed by atoms with van der Waals surface area (Å²) in [7, 11) is 0. The van der Waals surface area contributed by atoms with Crippen LogP contribution in [0.4, 0.5) is 4.39 Å². The van der Waals surface area contributed by atoms with E-state index in [4.69, 9.17) is 5.11 Å². The number of hydrogen-bond donors (Lipinski definition) is 1. The summed E-state index contributed by atoms with van der Waals surface area (Å²) < 4.78 is 15.0. The lowest BCUT2D eigenvalue weighted by atomic mass is 10.0. The smallest absolute Gasteiger partial charge is 0.305 e. The van der Waals surface area contributed by atoms with E-state index >= 15 is 0 Å². The van der Waals surface area contributed by atoms with Gasteiger partial charge in [-0.15, -0.1) is 0 Å². The molecule has 1 N–H and O–H groups in total. The molecule has 1 aliphatic heterocycles. The van der Waals surface area contributed by atoms with E-state index in [1.807, 2.05) is 0 Å². The van der Waals surface area contributed by atoms with Crippen LogP contribution in [-0.4, -0.2) is 20.6 Å². The fourth-order valence-corrected chi connectivity index (χ4v) is 2.33. The molecule has 0 radical (unpaired) electrons.